The lowest BCUT2D eigenvalue weighted by atomic mass is 10.2. The SMILES string of the molecule is CCN(CC)S(=O)(=O)c1ccc(CNC(=O)c2sc3ccccc3c2Cl)cc1. The average molecular weight is 437 g/mol. The fraction of sp³-hybridized carbons (Fsp3) is 0.250. The Balaban J connectivity index is 1.71. The number of rotatable bonds is 7. The van der Waals surface area contributed by atoms with E-state index in [1.807, 2.05) is 38.1 Å². The number of amides is 1. The van der Waals surface area contributed by atoms with Crippen LogP contribution in [0.1, 0.15) is 29.1 Å². The normalized spacial score (nSPS) is 11.9. The van der Waals surface area contributed by atoms with Gasteiger partial charge >= 0.3 is 0 Å². The number of nitrogens with zero attached hydrogens (tertiary/aromatic N) is 1. The van der Waals surface area contributed by atoms with Gasteiger partial charge in [-0.25, -0.2) is 8.42 Å². The van der Waals surface area contributed by atoms with Crippen molar-refractivity contribution < 1.29 is 13.2 Å². The third-order valence-electron chi connectivity index (χ3n) is 4.46. The molecule has 0 radical (unpaired) electrons. The second kappa shape index (κ2) is 8.61. The largest absolute Gasteiger partial charge is 0.347 e. The van der Waals surface area contributed by atoms with Crippen LogP contribution in [-0.4, -0.2) is 31.7 Å². The quantitative estimate of drug-likeness (QED) is 0.592. The smallest absolute Gasteiger partial charge is 0.263 e. The van der Waals surface area contributed by atoms with Gasteiger partial charge in [0.2, 0.25) is 10.0 Å². The van der Waals surface area contributed by atoms with Crippen LogP contribution in [0.4, 0.5) is 0 Å². The average Bonchev–Trinajstić information content (AvgIpc) is 3.04. The standard InChI is InChI=1S/C20H21ClN2O3S2/c1-3-23(4-2)28(25,26)15-11-9-14(10-12-15)13-22-20(24)19-18(21)16-7-5-6-8-17(16)27-19/h5-12H,3-4,13H2,1-2H3,(H,22,24). The summed E-state index contributed by atoms with van der Waals surface area (Å²) in [6, 6.07) is 14.2. The second-order valence-electron chi connectivity index (χ2n) is 6.16. The Morgan fingerprint density at radius 2 is 1.71 bits per heavy atom. The number of fused-ring (bicyclic) bond motifs is 1. The van der Waals surface area contributed by atoms with Crippen LogP contribution in [0.25, 0.3) is 10.1 Å². The van der Waals surface area contributed by atoms with Gasteiger partial charge in [0.1, 0.15) is 4.88 Å². The van der Waals surface area contributed by atoms with Gasteiger partial charge in [0.25, 0.3) is 5.91 Å². The summed E-state index contributed by atoms with van der Waals surface area (Å²) in [5, 5.41) is 4.17. The van der Waals surface area contributed by atoms with E-state index in [0.717, 1.165) is 15.6 Å². The van der Waals surface area contributed by atoms with Crippen LogP contribution in [-0.2, 0) is 16.6 Å². The minimum absolute atomic E-state index is 0.244. The molecule has 0 saturated heterocycles. The number of halogens is 1. The number of thiophene rings is 1. The highest BCUT2D eigenvalue weighted by Gasteiger charge is 2.21. The zero-order chi connectivity index (χ0) is 20.3. The van der Waals surface area contributed by atoms with Crippen LogP contribution >= 0.6 is 22.9 Å². The highest BCUT2D eigenvalue weighted by atomic mass is 35.5. The third-order valence-corrected chi connectivity index (χ3v) is 8.20. The van der Waals surface area contributed by atoms with E-state index in [1.165, 1.54) is 15.6 Å². The maximum absolute atomic E-state index is 12.5. The molecule has 1 heterocycles. The Morgan fingerprint density at radius 1 is 1.07 bits per heavy atom. The Hall–Kier alpha value is -1.93. The van der Waals surface area contributed by atoms with Crippen molar-refractivity contribution in [3.05, 3.63) is 64.0 Å². The van der Waals surface area contributed by atoms with E-state index in [0.29, 0.717) is 23.0 Å². The van der Waals surface area contributed by atoms with E-state index in [2.05, 4.69) is 5.32 Å². The van der Waals surface area contributed by atoms with Gasteiger partial charge < -0.3 is 5.32 Å². The van der Waals surface area contributed by atoms with Gasteiger partial charge in [-0.3, -0.25) is 4.79 Å². The van der Waals surface area contributed by atoms with Crippen molar-refractivity contribution >= 4 is 49.0 Å². The van der Waals surface area contributed by atoms with Crippen molar-refractivity contribution in [1.29, 1.82) is 0 Å². The summed E-state index contributed by atoms with van der Waals surface area (Å²) in [5.41, 5.74) is 0.809. The first-order valence-electron chi connectivity index (χ1n) is 8.92. The molecule has 5 nitrogen and oxygen atoms in total. The van der Waals surface area contributed by atoms with E-state index in [4.69, 9.17) is 11.6 Å². The second-order valence-corrected chi connectivity index (χ2v) is 9.53. The first-order chi connectivity index (χ1) is 13.4. The molecule has 148 valence electrons. The summed E-state index contributed by atoms with van der Waals surface area (Å²) >= 11 is 7.69. The predicted octanol–water partition coefficient (Wildman–Crippen LogP) is 4.52. The van der Waals surface area contributed by atoms with E-state index < -0.39 is 10.0 Å². The van der Waals surface area contributed by atoms with E-state index >= 15 is 0 Å². The zero-order valence-corrected chi connectivity index (χ0v) is 18.0. The van der Waals surface area contributed by atoms with E-state index in [-0.39, 0.29) is 17.3 Å². The molecule has 1 amide bonds. The molecule has 0 aliphatic heterocycles. The summed E-state index contributed by atoms with van der Waals surface area (Å²) in [4.78, 5) is 13.2. The van der Waals surface area contributed by atoms with Gasteiger partial charge in [-0.05, 0) is 23.8 Å². The van der Waals surface area contributed by atoms with Crippen molar-refractivity contribution in [2.75, 3.05) is 13.1 Å². The van der Waals surface area contributed by atoms with Crippen LogP contribution in [0.15, 0.2) is 53.4 Å². The summed E-state index contributed by atoms with van der Waals surface area (Å²) in [7, 11) is -3.48. The van der Waals surface area contributed by atoms with Crippen molar-refractivity contribution in [2.24, 2.45) is 0 Å². The Morgan fingerprint density at radius 3 is 2.32 bits per heavy atom. The van der Waals surface area contributed by atoms with Gasteiger partial charge in [-0.15, -0.1) is 11.3 Å². The first-order valence-corrected chi connectivity index (χ1v) is 11.6. The molecule has 1 N–H and O–H groups in total. The fourth-order valence-corrected chi connectivity index (χ4v) is 5.81. The maximum Gasteiger partial charge on any atom is 0.263 e. The Bertz CT molecular complexity index is 1090. The summed E-state index contributed by atoms with van der Waals surface area (Å²) in [5.74, 6) is -0.244. The Labute approximate surface area is 174 Å². The van der Waals surface area contributed by atoms with Crippen molar-refractivity contribution in [1.82, 2.24) is 9.62 Å². The molecule has 0 fully saturated rings. The first kappa shape index (κ1) is 20.8. The lowest BCUT2D eigenvalue weighted by Crippen LogP contribution is -2.30. The number of hydrogen-bond donors (Lipinski definition) is 1. The monoisotopic (exact) mass is 436 g/mol. The minimum Gasteiger partial charge on any atom is -0.347 e. The summed E-state index contributed by atoms with van der Waals surface area (Å²) < 4.78 is 27.4. The molecular weight excluding hydrogens is 416 g/mol. The number of hydrogen-bond acceptors (Lipinski definition) is 4. The summed E-state index contributed by atoms with van der Waals surface area (Å²) in [6.45, 7) is 4.75. The third kappa shape index (κ3) is 4.07. The molecule has 0 spiro atoms. The molecule has 0 saturated carbocycles. The molecular formula is C20H21ClN2O3S2. The van der Waals surface area contributed by atoms with Crippen molar-refractivity contribution in [2.45, 2.75) is 25.3 Å². The molecule has 1 aromatic heterocycles. The molecule has 2 aromatic carbocycles. The molecule has 8 heteroatoms. The molecule has 3 rings (SSSR count). The topological polar surface area (TPSA) is 66.5 Å². The van der Waals surface area contributed by atoms with Gasteiger partial charge in [0.15, 0.2) is 0 Å². The van der Waals surface area contributed by atoms with Crippen LogP contribution in [0.2, 0.25) is 5.02 Å². The van der Waals surface area contributed by atoms with Crippen LogP contribution in [0.3, 0.4) is 0 Å². The predicted molar refractivity (Wildman–Crippen MR) is 115 cm³/mol. The molecule has 0 aliphatic rings. The summed E-state index contributed by atoms with van der Waals surface area (Å²) in [6.07, 6.45) is 0. The van der Waals surface area contributed by atoms with Crippen molar-refractivity contribution in [3.63, 3.8) is 0 Å². The Kier molecular flexibility index (Phi) is 6.40. The fourth-order valence-electron chi connectivity index (χ4n) is 2.91. The molecule has 0 atom stereocenters. The van der Waals surface area contributed by atoms with Crippen molar-refractivity contribution in [3.8, 4) is 0 Å². The van der Waals surface area contributed by atoms with Gasteiger partial charge in [-0.2, -0.15) is 4.31 Å². The van der Waals surface area contributed by atoms with E-state index in [9.17, 15) is 13.2 Å². The highest BCUT2D eigenvalue weighted by molar-refractivity contribution is 7.89. The number of sulfonamides is 1. The lowest BCUT2D eigenvalue weighted by Gasteiger charge is -2.18. The van der Waals surface area contributed by atoms with Crippen LogP contribution < -0.4 is 5.32 Å². The molecule has 0 unspecified atom stereocenters. The maximum atomic E-state index is 12.5. The molecule has 3 aromatic rings. The van der Waals surface area contributed by atoms with Gasteiger partial charge in [-0.1, -0.05) is 55.8 Å². The zero-order valence-electron chi connectivity index (χ0n) is 15.6. The number of benzene rings is 2. The van der Waals surface area contributed by atoms with Gasteiger partial charge in [0, 0.05) is 29.7 Å². The van der Waals surface area contributed by atoms with Crippen LogP contribution in [0.5, 0.6) is 0 Å². The molecule has 0 aliphatic carbocycles. The number of nitrogens with one attached hydrogen (secondary N) is 1. The van der Waals surface area contributed by atoms with Gasteiger partial charge in [0.05, 0.1) is 9.92 Å². The van der Waals surface area contributed by atoms with Crippen LogP contribution in [0, 0.1) is 0 Å². The minimum atomic E-state index is -3.48. The molecule has 28 heavy (non-hydrogen) atoms. The highest BCUT2D eigenvalue weighted by Crippen LogP contribution is 2.35. The number of carbonyl (C=O) groups excluding carboxylic acids is 1. The lowest BCUT2D eigenvalue weighted by molar-refractivity contribution is 0.0955. The molecule has 0 bridgehead atoms. The van der Waals surface area contributed by atoms with E-state index in [1.54, 1.807) is 24.3 Å². The number of carbonyl (C=O) groups is 1.